The zero-order chi connectivity index (χ0) is 29.8. The first kappa shape index (κ1) is 29.4. The van der Waals surface area contributed by atoms with Gasteiger partial charge in [0.2, 0.25) is 0 Å². The molecule has 0 saturated carbocycles. The lowest BCUT2D eigenvalue weighted by Crippen LogP contribution is -2.39. The quantitative estimate of drug-likeness (QED) is 0.228. The molecule has 42 heavy (non-hydrogen) atoms. The predicted octanol–water partition coefficient (Wildman–Crippen LogP) is 5.74. The molecule has 0 aliphatic carbocycles. The third-order valence-electron chi connectivity index (χ3n) is 6.77. The largest absolute Gasteiger partial charge is 0.490 e. The predicted molar refractivity (Wildman–Crippen MR) is 165 cm³/mol. The van der Waals surface area contributed by atoms with E-state index in [0.29, 0.717) is 55.9 Å². The second kappa shape index (κ2) is 12.8. The number of aryl methyl sites for hydroxylation is 1. The van der Waals surface area contributed by atoms with Crippen LogP contribution in [-0.2, 0) is 16.1 Å². The lowest BCUT2D eigenvalue weighted by atomic mass is 9.95. The molecule has 0 fully saturated rings. The number of allylic oxidation sites excluding steroid dienone is 1. The fourth-order valence-electron chi connectivity index (χ4n) is 4.81. The minimum absolute atomic E-state index is 0.217. The minimum Gasteiger partial charge on any atom is -0.490 e. The monoisotopic (exact) mass is 602 g/mol. The smallest absolute Gasteiger partial charge is 0.338 e. The van der Waals surface area contributed by atoms with E-state index >= 15 is 0 Å². The molecule has 4 aromatic rings. The SMILES string of the molecule is CCOC(=O)C1=C(C)N=c2s/c(=C/c3cc(Cl)c(OCc4ccccc4)c(OCC)c3)c(=O)n2[C@H]1c1ccc(C)cc1. The van der Waals surface area contributed by atoms with Gasteiger partial charge in [0, 0.05) is 0 Å². The number of carbonyl (C=O) groups excluding carboxylic acids is 1. The number of fused-ring (bicyclic) bond motifs is 1. The van der Waals surface area contributed by atoms with Gasteiger partial charge in [-0.25, -0.2) is 9.79 Å². The minimum atomic E-state index is -0.667. The van der Waals surface area contributed by atoms with E-state index in [0.717, 1.165) is 16.7 Å². The fraction of sp³-hybridized carbons (Fsp3) is 0.242. The molecule has 0 unspecified atom stereocenters. The van der Waals surface area contributed by atoms with Crippen LogP contribution in [0.4, 0.5) is 0 Å². The first-order chi connectivity index (χ1) is 20.3. The van der Waals surface area contributed by atoms with E-state index in [1.165, 1.54) is 11.3 Å². The van der Waals surface area contributed by atoms with Crippen molar-refractivity contribution in [1.29, 1.82) is 0 Å². The van der Waals surface area contributed by atoms with Crippen LogP contribution in [0, 0.1) is 6.92 Å². The normalized spacial score (nSPS) is 14.8. The van der Waals surface area contributed by atoms with Gasteiger partial charge in [-0.15, -0.1) is 0 Å². The van der Waals surface area contributed by atoms with E-state index in [9.17, 15) is 9.59 Å². The molecule has 9 heteroatoms. The molecule has 5 rings (SSSR count). The number of halogens is 1. The van der Waals surface area contributed by atoms with Crippen LogP contribution < -0.4 is 24.4 Å². The molecule has 216 valence electrons. The number of ether oxygens (including phenoxy) is 3. The number of hydrogen-bond donors (Lipinski definition) is 0. The van der Waals surface area contributed by atoms with Crippen molar-refractivity contribution < 1.29 is 19.0 Å². The third kappa shape index (κ3) is 6.05. The van der Waals surface area contributed by atoms with Gasteiger partial charge in [0.1, 0.15) is 6.61 Å². The Morgan fingerprint density at radius 2 is 1.76 bits per heavy atom. The second-order valence-electron chi connectivity index (χ2n) is 9.75. The Hall–Kier alpha value is -4.14. The summed E-state index contributed by atoms with van der Waals surface area (Å²) >= 11 is 7.93. The molecule has 0 spiro atoms. The lowest BCUT2D eigenvalue weighted by Gasteiger charge is -2.24. The summed E-state index contributed by atoms with van der Waals surface area (Å²) in [6.45, 7) is 8.36. The molecular weight excluding hydrogens is 572 g/mol. The number of carbonyl (C=O) groups is 1. The number of nitrogens with zero attached hydrogens (tertiary/aromatic N) is 2. The molecule has 1 atom stereocenters. The van der Waals surface area contributed by atoms with Crippen LogP contribution >= 0.6 is 22.9 Å². The summed E-state index contributed by atoms with van der Waals surface area (Å²) < 4.78 is 19.3. The van der Waals surface area contributed by atoms with Gasteiger partial charge in [-0.05, 0) is 62.6 Å². The molecule has 0 radical (unpaired) electrons. The van der Waals surface area contributed by atoms with Gasteiger partial charge < -0.3 is 14.2 Å². The Balaban J connectivity index is 1.59. The summed E-state index contributed by atoms with van der Waals surface area (Å²) in [6.07, 6.45) is 1.76. The van der Waals surface area contributed by atoms with Crippen LogP contribution in [0.25, 0.3) is 6.08 Å². The summed E-state index contributed by atoms with van der Waals surface area (Å²) in [5.74, 6) is 0.436. The molecule has 0 amide bonds. The highest BCUT2D eigenvalue weighted by Crippen LogP contribution is 2.37. The topological polar surface area (TPSA) is 79.1 Å². The molecule has 1 aliphatic heterocycles. The maximum Gasteiger partial charge on any atom is 0.338 e. The molecule has 0 bridgehead atoms. The summed E-state index contributed by atoms with van der Waals surface area (Å²) in [5.41, 5.74) is 4.15. The maximum atomic E-state index is 13.9. The summed E-state index contributed by atoms with van der Waals surface area (Å²) in [5, 5.41) is 0.369. The van der Waals surface area contributed by atoms with Crippen LogP contribution in [-0.4, -0.2) is 23.8 Å². The summed E-state index contributed by atoms with van der Waals surface area (Å²) in [7, 11) is 0. The van der Waals surface area contributed by atoms with Crippen LogP contribution in [0.5, 0.6) is 11.5 Å². The Kier molecular flexibility index (Phi) is 8.94. The van der Waals surface area contributed by atoms with Crippen LogP contribution in [0.3, 0.4) is 0 Å². The lowest BCUT2D eigenvalue weighted by molar-refractivity contribution is -0.139. The summed E-state index contributed by atoms with van der Waals surface area (Å²) in [6, 6.07) is 20.5. The molecule has 1 aliphatic rings. The van der Waals surface area contributed by atoms with E-state index < -0.39 is 12.0 Å². The van der Waals surface area contributed by atoms with E-state index in [1.54, 1.807) is 36.6 Å². The number of thiazole rings is 1. The van der Waals surface area contributed by atoms with E-state index in [4.69, 9.17) is 25.8 Å². The van der Waals surface area contributed by atoms with Crippen LogP contribution in [0.15, 0.2) is 87.8 Å². The highest BCUT2D eigenvalue weighted by Gasteiger charge is 2.33. The molecule has 0 N–H and O–H groups in total. The van der Waals surface area contributed by atoms with E-state index in [1.807, 2.05) is 68.4 Å². The zero-order valence-corrected chi connectivity index (χ0v) is 25.4. The number of aromatic nitrogens is 1. The number of hydrogen-bond acceptors (Lipinski definition) is 7. The fourth-order valence-corrected chi connectivity index (χ4v) is 6.13. The first-order valence-electron chi connectivity index (χ1n) is 13.7. The Morgan fingerprint density at radius 3 is 2.45 bits per heavy atom. The molecular formula is C33H31ClN2O5S. The highest BCUT2D eigenvalue weighted by atomic mass is 35.5. The number of rotatable bonds is 9. The molecule has 0 saturated heterocycles. The van der Waals surface area contributed by atoms with Crippen molar-refractivity contribution in [2.24, 2.45) is 4.99 Å². The van der Waals surface area contributed by atoms with Crippen LogP contribution in [0.2, 0.25) is 5.02 Å². The standard InChI is InChI=1S/C33H31ClN2O5S/c1-5-39-26-17-23(16-25(34)30(26)41-19-22-10-8-7-9-11-22)18-27-31(37)36-29(24-14-12-20(3)13-15-24)28(32(38)40-6-2)21(4)35-33(36)42-27/h7-18,29H,5-6,19H2,1-4H3/b27-18+/t29-/m0/s1. The van der Waals surface area contributed by atoms with Gasteiger partial charge in [-0.1, -0.05) is 83.1 Å². The third-order valence-corrected chi connectivity index (χ3v) is 8.03. The van der Waals surface area contributed by atoms with Crippen LogP contribution in [0.1, 0.15) is 49.1 Å². The molecule has 7 nitrogen and oxygen atoms in total. The van der Waals surface area contributed by atoms with Gasteiger partial charge in [-0.3, -0.25) is 9.36 Å². The van der Waals surface area contributed by atoms with Crippen molar-refractivity contribution >= 4 is 35.0 Å². The van der Waals surface area contributed by atoms with Crippen molar-refractivity contribution in [2.75, 3.05) is 13.2 Å². The highest BCUT2D eigenvalue weighted by molar-refractivity contribution is 7.07. The Bertz CT molecular complexity index is 1830. The molecule has 3 aromatic carbocycles. The van der Waals surface area contributed by atoms with Crippen molar-refractivity contribution in [3.8, 4) is 11.5 Å². The second-order valence-corrected chi connectivity index (χ2v) is 11.2. The van der Waals surface area contributed by atoms with E-state index in [2.05, 4.69) is 4.99 Å². The summed E-state index contributed by atoms with van der Waals surface area (Å²) in [4.78, 5) is 32.2. The average Bonchev–Trinajstić information content (AvgIpc) is 3.27. The van der Waals surface area contributed by atoms with Crippen molar-refractivity contribution in [2.45, 2.75) is 40.3 Å². The van der Waals surface area contributed by atoms with E-state index in [-0.39, 0.29) is 12.2 Å². The van der Waals surface area contributed by atoms with Gasteiger partial charge in [0.05, 0.1) is 40.1 Å². The number of benzene rings is 3. The average molecular weight is 603 g/mol. The number of esters is 1. The van der Waals surface area contributed by atoms with Crippen molar-refractivity contribution in [3.05, 3.63) is 125 Å². The first-order valence-corrected chi connectivity index (χ1v) is 14.9. The van der Waals surface area contributed by atoms with Crippen molar-refractivity contribution in [3.63, 3.8) is 0 Å². The van der Waals surface area contributed by atoms with Gasteiger partial charge in [0.15, 0.2) is 16.3 Å². The van der Waals surface area contributed by atoms with Gasteiger partial charge in [0.25, 0.3) is 5.56 Å². The van der Waals surface area contributed by atoms with Gasteiger partial charge in [-0.2, -0.15) is 0 Å². The van der Waals surface area contributed by atoms with Gasteiger partial charge >= 0.3 is 5.97 Å². The zero-order valence-electron chi connectivity index (χ0n) is 23.8. The van der Waals surface area contributed by atoms with Crippen molar-refractivity contribution in [1.82, 2.24) is 4.57 Å². The Labute approximate surface area is 253 Å². The Morgan fingerprint density at radius 1 is 1.02 bits per heavy atom. The maximum absolute atomic E-state index is 13.9. The molecule has 1 aromatic heterocycles. The molecule has 2 heterocycles.